The maximum Gasteiger partial charge on any atom is 0.133 e. The minimum absolute atomic E-state index is 0.259. The van der Waals surface area contributed by atoms with Crippen LogP contribution in [-0.2, 0) is 9.59 Å². The number of carbonyl (C=O) groups is 2. The van der Waals surface area contributed by atoms with Gasteiger partial charge in [-0.25, -0.2) is 0 Å². The number of thioether (sulfide) groups is 2. The van der Waals surface area contributed by atoms with Crippen molar-refractivity contribution in [2.45, 2.75) is 53.4 Å². The molecule has 0 saturated carbocycles. The molecule has 1 aliphatic heterocycles. The van der Waals surface area contributed by atoms with E-state index in [2.05, 4.69) is 13.8 Å². The van der Waals surface area contributed by atoms with Crippen LogP contribution in [0, 0.1) is 11.8 Å². The van der Waals surface area contributed by atoms with Crippen molar-refractivity contribution >= 4 is 35.1 Å². The molecule has 0 N–H and O–H groups in total. The zero-order chi connectivity index (χ0) is 15.1. The van der Waals surface area contributed by atoms with Crippen LogP contribution in [0.1, 0.15) is 53.4 Å². The van der Waals surface area contributed by atoms with Gasteiger partial charge in [0.1, 0.15) is 11.6 Å². The maximum absolute atomic E-state index is 11.7. The summed E-state index contributed by atoms with van der Waals surface area (Å²) >= 11 is 3.79. The fraction of sp³-hybridized carbons (Fsp3) is 0.750. The number of carbonyl (C=O) groups excluding carboxylic acids is 2. The van der Waals surface area contributed by atoms with Crippen molar-refractivity contribution in [3.05, 3.63) is 9.81 Å². The highest BCUT2D eigenvalue weighted by Gasteiger charge is 2.25. The van der Waals surface area contributed by atoms with E-state index in [0.29, 0.717) is 37.2 Å². The normalized spacial score (nSPS) is 17.9. The second kappa shape index (κ2) is 8.93. The Morgan fingerprint density at radius 3 is 1.70 bits per heavy atom. The Kier molecular flexibility index (Phi) is 7.96. The Labute approximate surface area is 131 Å². The number of hydrogen-bond donors (Lipinski definition) is 0. The molecule has 2 unspecified atom stereocenters. The minimum atomic E-state index is 0.259. The average molecular weight is 315 g/mol. The van der Waals surface area contributed by atoms with Gasteiger partial charge < -0.3 is 0 Å². The van der Waals surface area contributed by atoms with Gasteiger partial charge in [0, 0.05) is 41.4 Å². The predicted octanol–water partition coefficient (Wildman–Crippen LogP) is 4.69. The maximum atomic E-state index is 11.7. The molecule has 2 nitrogen and oxygen atoms in total. The predicted molar refractivity (Wildman–Crippen MR) is 90.1 cm³/mol. The molecule has 1 aliphatic rings. The number of allylic oxidation sites excluding steroid dienone is 1. The van der Waals surface area contributed by atoms with Crippen molar-refractivity contribution < 1.29 is 9.59 Å². The molecule has 0 amide bonds. The van der Waals surface area contributed by atoms with E-state index in [4.69, 9.17) is 0 Å². The van der Waals surface area contributed by atoms with Crippen molar-refractivity contribution in [3.8, 4) is 0 Å². The molecule has 114 valence electrons. The van der Waals surface area contributed by atoms with Gasteiger partial charge in [0.05, 0.1) is 0 Å². The average Bonchev–Trinajstić information content (AvgIpc) is 2.92. The SMILES string of the molecule is CCC(=O)CC(C)C(=C1SCCS1)C(C)CC(=O)CC. The van der Waals surface area contributed by atoms with Crippen LogP contribution < -0.4 is 0 Å². The lowest BCUT2D eigenvalue weighted by molar-refractivity contribution is -0.119. The van der Waals surface area contributed by atoms with Gasteiger partial charge in [-0.3, -0.25) is 9.59 Å². The summed E-state index contributed by atoms with van der Waals surface area (Å²) in [6.07, 6.45) is 2.44. The standard InChI is InChI=1S/C16H26O2S2/c1-5-13(17)9-11(3)15(16-19-7-8-20-16)12(4)10-14(18)6-2/h11-12H,5-10H2,1-4H3. The van der Waals surface area contributed by atoms with E-state index in [1.54, 1.807) is 0 Å². The lowest BCUT2D eigenvalue weighted by atomic mass is 9.85. The van der Waals surface area contributed by atoms with Gasteiger partial charge in [-0.1, -0.05) is 27.7 Å². The highest BCUT2D eigenvalue weighted by Crippen LogP contribution is 2.44. The van der Waals surface area contributed by atoms with Crippen molar-refractivity contribution in [1.82, 2.24) is 0 Å². The van der Waals surface area contributed by atoms with Crippen LogP contribution in [-0.4, -0.2) is 23.1 Å². The molecule has 0 aromatic rings. The highest BCUT2D eigenvalue weighted by atomic mass is 32.2. The van der Waals surface area contributed by atoms with E-state index in [1.807, 2.05) is 37.4 Å². The zero-order valence-corrected chi connectivity index (χ0v) is 14.7. The zero-order valence-electron chi connectivity index (χ0n) is 13.0. The smallest absolute Gasteiger partial charge is 0.133 e. The summed E-state index contributed by atoms with van der Waals surface area (Å²) in [5.41, 5.74) is 1.35. The number of rotatable bonds is 8. The monoisotopic (exact) mass is 314 g/mol. The first-order valence-corrected chi connectivity index (χ1v) is 9.49. The summed E-state index contributed by atoms with van der Waals surface area (Å²) in [5.74, 6) is 3.44. The molecule has 0 aliphatic carbocycles. The second-order valence-electron chi connectivity index (χ2n) is 5.43. The second-order valence-corrected chi connectivity index (χ2v) is 7.90. The number of hydrogen-bond acceptors (Lipinski definition) is 4. The van der Waals surface area contributed by atoms with E-state index in [9.17, 15) is 9.59 Å². The van der Waals surface area contributed by atoms with Crippen molar-refractivity contribution in [1.29, 1.82) is 0 Å². The molecule has 0 bridgehead atoms. The third-order valence-corrected chi connectivity index (χ3v) is 6.48. The quantitative estimate of drug-likeness (QED) is 0.651. The molecule has 4 heteroatoms. The fourth-order valence-corrected chi connectivity index (χ4v) is 5.57. The summed E-state index contributed by atoms with van der Waals surface area (Å²) in [5, 5.41) is 0. The summed E-state index contributed by atoms with van der Waals surface area (Å²) < 4.78 is 1.37. The van der Waals surface area contributed by atoms with E-state index < -0.39 is 0 Å². The van der Waals surface area contributed by atoms with Gasteiger partial charge in [0.25, 0.3) is 0 Å². The van der Waals surface area contributed by atoms with E-state index >= 15 is 0 Å². The Morgan fingerprint density at radius 2 is 1.35 bits per heavy atom. The van der Waals surface area contributed by atoms with Crippen molar-refractivity contribution in [2.75, 3.05) is 11.5 Å². The van der Waals surface area contributed by atoms with Crippen LogP contribution in [0.2, 0.25) is 0 Å². The summed E-state index contributed by atoms with van der Waals surface area (Å²) in [6.45, 7) is 8.13. The molecule has 1 fully saturated rings. The molecular formula is C16H26O2S2. The number of ketones is 2. The molecule has 1 heterocycles. The number of Topliss-reactive ketones (excluding diaryl/α,β-unsaturated/α-hetero) is 2. The van der Waals surface area contributed by atoms with Gasteiger partial charge in [0.15, 0.2) is 0 Å². The molecule has 0 aromatic heterocycles. The molecule has 2 atom stereocenters. The van der Waals surface area contributed by atoms with Crippen LogP contribution in [0.5, 0.6) is 0 Å². The Bertz CT molecular complexity index is 354. The third kappa shape index (κ3) is 5.28. The first-order valence-electron chi connectivity index (χ1n) is 7.52. The van der Waals surface area contributed by atoms with E-state index in [0.717, 1.165) is 11.5 Å². The molecule has 20 heavy (non-hydrogen) atoms. The first-order chi connectivity index (χ1) is 9.49. The van der Waals surface area contributed by atoms with Gasteiger partial charge in [-0.2, -0.15) is 0 Å². The van der Waals surface area contributed by atoms with E-state index in [-0.39, 0.29) is 11.8 Å². The molecule has 1 saturated heterocycles. The lowest BCUT2D eigenvalue weighted by Crippen LogP contribution is -2.16. The van der Waals surface area contributed by atoms with Crippen molar-refractivity contribution in [3.63, 3.8) is 0 Å². The minimum Gasteiger partial charge on any atom is -0.300 e. The molecule has 1 rings (SSSR count). The first kappa shape index (κ1) is 17.8. The fourth-order valence-electron chi connectivity index (χ4n) is 2.56. The largest absolute Gasteiger partial charge is 0.300 e. The van der Waals surface area contributed by atoms with Crippen LogP contribution in [0.4, 0.5) is 0 Å². The molecular weight excluding hydrogens is 288 g/mol. The third-order valence-electron chi connectivity index (χ3n) is 3.70. The van der Waals surface area contributed by atoms with Gasteiger partial charge in [0.2, 0.25) is 0 Å². The van der Waals surface area contributed by atoms with E-state index in [1.165, 1.54) is 9.81 Å². The van der Waals surface area contributed by atoms with Crippen LogP contribution in [0.3, 0.4) is 0 Å². The van der Waals surface area contributed by atoms with Crippen LogP contribution >= 0.6 is 23.5 Å². The molecule has 0 spiro atoms. The van der Waals surface area contributed by atoms with Crippen molar-refractivity contribution in [2.24, 2.45) is 11.8 Å². The summed E-state index contributed by atoms with van der Waals surface area (Å²) in [6, 6.07) is 0. The van der Waals surface area contributed by atoms with Gasteiger partial charge in [-0.15, -0.1) is 23.5 Å². The Hall–Kier alpha value is -0.220. The van der Waals surface area contributed by atoms with Gasteiger partial charge >= 0.3 is 0 Å². The Balaban J connectivity index is 2.88. The summed E-state index contributed by atoms with van der Waals surface area (Å²) in [7, 11) is 0. The topological polar surface area (TPSA) is 34.1 Å². The highest BCUT2D eigenvalue weighted by molar-refractivity contribution is 8.25. The Morgan fingerprint density at radius 1 is 0.950 bits per heavy atom. The van der Waals surface area contributed by atoms with Gasteiger partial charge in [-0.05, 0) is 17.4 Å². The molecule has 0 aromatic carbocycles. The lowest BCUT2D eigenvalue weighted by Gasteiger charge is -2.23. The summed E-state index contributed by atoms with van der Waals surface area (Å²) in [4.78, 5) is 23.5. The van der Waals surface area contributed by atoms with Crippen LogP contribution in [0.25, 0.3) is 0 Å². The van der Waals surface area contributed by atoms with Crippen LogP contribution in [0.15, 0.2) is 9.81 Å². The molecule has 0 radical (unpaired) electrons.